The van der Waals surface area contributed by atoms with Gasteiger partial charge < -0.3 is 4.90 Å². The van der Waals surface area contributed by atoms with Crippen LogP contribution in [0.4, 0.5) is 0 Å². The first kappa shape index (κ1) is 24.8. The summed E-state index contributed by atoms with van der Waals surface area (Å²) in [6.07, 6.45) is 2.43. The van der Waals surface area contributed by atoms with Gasteiger partial charge in [0, 0.05) is 32.7 Å². The van der Waals surface area contributed by atoms with Crippen LogP contribution in [0.3, 0.4) is 0 Å². The van der Waals surface area contributed by atoms with Crippen molar-refractivity contribution >= 4 is 27.7 Å². The van der Waals surface area contributed by atoms with E-state index in [2.05, 4.69) is 21.8 Å². The number of piperazine rings is 1. The second kappa shape index (κ2) is 11.3. The highest BCUT2D eigenvalue weighted by atomic mass is 32.2. The van der Waals surface area contributed by atoms with E-state index in [-0.39, 0.29) is 10.8 Å². The Balaban J connectivity index is 1.66. The van der Waals surface area contributed by atoms with Gasteiger partial charge >= 0.3 is 0 Å². The predicted octanol–water partition coefficient (Wildman–Crippen LogP) is 3.05. The van der Waals surface area contributed by atoms with Crippen LogP contribution >= 0.6 is 11.8 Å². The number of rotatable bonds is 9. The van der Waals surface area contributed by atoms with Crippen LogP contribution in [0, 0.1) is 13.8 Å². The smallest absolute Gasteiger partial charge is 0.241 e. The summed E-state index contributed by atoms with van der Waals surface area (Å²) in [4.78, 5) is 17.7. The molecule has 2 aromatic carbocycles. The van der Waals surface area contributed by atoms with Crippen LogP contribution in [0.5, 0.6) is 0 Å². The lowest BCUT2D eigenvalue weighted by atomic mass is 10.1. The summed E-state index contributed by atoms with van der Waals surface area (Å²) in [5, 5.41) is 0. The quantitative estimate of drug-likeness (QED) is 0.604. The van der Waals surface area contributed by atoms with E-state index in [9.17, 15) is 13.2 Å². The molecule has 3 rings (SSSR count). The molecule has 1 aliphatic rings. The highest BCUT2D eigenvalue weighted by molar-refractivity contribution is 7.98. The number of sulfonamides is 1. The number of carbonyl (C=O) groups is 1. The number of carbonyl (C=O) groups excluding carboxylic acids is 1. The summed E-state index contributed by atoms with van der Waals surface area (Å²) in [6.45, 7) is 7.26. The van der Waals surface area contributed by atoms with Crippen molar-refractivity contribution in [1.82, 2.24) is 14.5 Å². The van der Waals surface area contributed by atoms with Crippen LogP contribution in [-0.2, 0) is 21.4 Å². The van der Waals surface area contributed by atoms with Gasteiger partial charge in [0.1, 0.15) is 6.04 Å². The van der Waals surface area contributed by atoms with Crippen LogP contribution in [0.25, 0.3) is 0 Å². The first-order valence-corrected chi connectivity index (χ1v) is 13.8. The van der Waals surface area contributed by atoms with E-state index in [0.717, 1.165) is 25.2 Å². The zero-order chi connectivity index (χ0) is 23.1. The molecule has 0 bridgehead atoms. The number of amides is 1. The number of benzene rings is 2. The van der Waals surface area contributed by atoms with Gasteiger partial charge in [-0.05, 0) is 55.0 Å². The third-order valence-electron chi connectivity index (χ3n) is 5.77. The molecular formula is C24H33N3O3S2. The fourth-order valence-corrected chi connectivity index (χ4v) is 5.93. The minimum absolute atomic E-state index is 0.132. The van der Waals surface area contributed by atoms with Gasteiger partial charge in [-0.3, -0.25) is 9.69 Å². The molecule has 1 N–H and O–H groups in total. The Kier molecular flexibility index (Phi) is 8.76. The Bertz CT molecular complexity index is 1000. The second-order valence-electron chi connectivity index (χ2n) is 8.31. The number of hydrogen-bond acceptors (Lipinski definition) is 5. The van der Waals surface area contributed by atoms with Crippen molar-refractivity contribution in [3.8, 4) is 0 Å². The molecule has 1 amide bonds. The van der Waals surface area contributed by atoms with Crippen molar-refractivity contribution < 1.29 is 13.2 Å². The lowest BCUT2D eigenvalue weighted by Crippen LogP contribution is -2.54. The average Bonchev–Trinajstić information content (AvgIpc) is 2.79. The van der Waals surface area contributed by atoms with Gasteiger partial charge in [0.05, 0.1) is 4.90 Å². The van der Waals surface area contributed by atoms with Crippen LogP contribution in [-0.4, -0.2) is 68.4 Å². The van der Waals surface area contributed by atoms with Gasteiger partial charge in [-0.2, -0.15) is 16.5 Å². The molecule has 1 heterocycles. The fraction of sp³-hybridized carbons (Fsp3) is 0.458. The number of thioether (sulfide) groups is 1. The minimum Gasteiger partial charge on any atom is -0.339 e. The van der Waals surface area contributed by atoms with E-state index in [4.69, 9.17) is 0 Å². The Labute approximate surface area is 196 Å². The molecule has 1 unspecified atom stereocenters. The number of hydrogen-bond donors (Lipinski definition) is 1. The third kappa shape index (κ3) is 6.57. The van der Waals surface area contributed by atoms with E-state index in [1.807, 2.05) is 37.4 Å². The van der Waals surface area contributed by atoms with Crippen LogP contribution in [0.15, 0.2) is 53.4 Å². The van der Waals surface area contributed by atoms with Crippen LogP contribution in [0.1, 0.15) is 23.1 Å². The summed E-state index contributed by atoms with van der Waals surface area (Å²) in [7, 11) is -3.80. The molecule has 0 radical (unpaired) electrons. The van der Waals surface area contributed by atoms with E-state index < -0.39 is 16.1 Å². The molecule has 1 atom stereocenters. The van der Waals surface area contributed by atoms with Crippen molar-refractivity contribution in [3.63, 3.8) is 0 Å². The monoisotopic (exact) mass is 475 g/mol. The van der Waals surface area contributed by atoms with Crippen LogP contribution < -0.4 is 4.72 Å². The standard InChI is InChI=1S/C24H33N3O3S2/c1-19-9-10-20(2)23(17-19)32(29,30)25-22(11-16-31-3)24(28)27-14-12-26(13-15-27)18-21-7-5-4-6-8-21/h4-10,17,22,25H,11-16,18H2,1-3H3. The molecule has 0 spiro atoms. The molecule has 1 aliphatic heterocycles. The summed E-state index contributed by atoms with van der Waals surface area (Å²) < 4.78 is 29.0. The summed E-state index contributed by atoms with van der Waals surface area (Å²) in [5.41, 5.74) is 2.80. The lowest BCUT2D eigenvalue weighted by Gasteiger charge is -2.36. The summed E-state index contributed by atoms with van der Waals surface area (Å²) >= 11 is 1.61. The lowest BCUT2D eigenvalue weighted by molar-refractivity contribution is -0.134. The molecule has 6 nitrogen and oxygen atoms in total. The molecule has 1 saturated heterocycles. The maximum absolute atomic E-state index is 13.3. The molecule has 0 aliphatic carbocycles. The largest absolute Gasteiger partial charge is 0.339 e. The van der Waals surface area contributed by atoms with E-state index in [1.54, 1.807) is 35.7 Å². The highest BCUT2D eigenvalue weighted by Crippen LogP contribution is 2.19. The van der Waals surface area contributed by atoms with Crippen LogP contribution in [0.2, 0.25) is 0 Å². The van der Waals surface area contributed by atoms with Gasteiger partial charge in [-0.15, -0.1) is 0 Å². The third-order valence-corrected chi connectivity index (χ3v) is 8.03. The van der Waals surface area contributed by atoms with Crippen molar-refractivity contribution in [2.75, 3.05) is 38.2 Å². The summed E-state index contributed by atoms with van der Waals surface area (Å²) in [6, 6.07) is 14.9. The summed E-state index contributed by atoms with van der Waals surface area (Å²) in [5.74, 6) is 0.576. The Hall–Kier alpha value is -1.87. The molecule has 174 valence electrons. The van der Waals surface area contributed by atoms with Crippen molar-refractivity contribution in [3.05, 3.63) is 65.2 Å². The second-order valence-corrected chi connectivity index (χ2v) is 11.0. The molecule has 0 aromatic heterocycles. The molecule has 1 fully saturated rings. The Morgan fingerprint density at radius 1 is 1.06 bits per heavy atom. The van der Waals surface area contributed by atoms with Gasteiger partial charge in [-0.1, -0.05) is 42.5 Å². The zero-order valence-corrected chi connectivity index (χ0v) is 20.7. The fourth-order valence-electron chi connectivity index (χ4n) is 3.90. The maximum Gasteiger partial charge on any atom is 0.241 e. The molecule has 2 aromatic rings. The van der Waals surface area contributed by atoms with Gasteiger partial charge in [0.2, 0.25) is 15.9 Å². The first-order chi connectivity index (χ1) is 15.3. The van der Waals surface area contributed by atoms with Crippen molar-refractivity contribution in [1.29, 1.82) is 0 Å². The van der Waals surface area contributed by atoms with Gasteiger partial charge in [0.15, 0.2) is 0 Å². The van der Waals surface area contributed by atoms with E-state index in [1.165, 1.54) is 5.56 Å². The van der Waals surface area contributed by atoms with Gasteiger partial charge in [-0.25, -0.2) is 8.42 Å². The van der Waals surface area contributed by atoms with E-state index >= 15 is 0 Å². The Morgan fingerprint density at radius 3 is 2.41 bits per heavy atom. The molecule has 8 heteroatoms. The Morgan fingerprint density at radius 2 is 1.75 bits per heavy atom. The molecular weight excluding hydrogens is 442 g/mol. The predicted molar refractivity (Wildman–Crippen MR) is 131 cm³/mol. The van der Waals surface area contributed by atoms with Gasteiger partial charge in [0.25, 0.3) is 0 Å². The average molecular weight is 476 g/mol. The highest BCUT2D eigenvalue weighted by Gasteiger charge is 2.31. The maximum atomic E-state index is 13.3. The molecule has 32 heavy (non-hydrogen) atoms. The van der Waals surface area contributed by atoms with Crippen molar-refractivity contribution in [2.24, 2.45) is 0 Å². The molecule has 0 saturated carbocycles. The van der Waals surface area contributed by atoms with Crippen molar-refractivity contribution in [2.45, 2.75) is 37.8 Å². The number of aryl methyl sites for hydroxylation is 2. The number of nitrogens with one attached hydrogen (secondary N) is 1. The van der Waals surface area contributed by atoms with E-state index in [0.29, 0.717) is 30.8 Å². The normalized spacial score (nSPS) is 16.2. The SMILES string of the molecule is CSCCC(NS(=O)(=O)c1cc(C)ccc1C)C(=O)N1CCN(Cc2ccccc2)CC1. The zero-order valence-electron chi connectivity index (χ0n) is 19.1. The minimum atomic E-state index is -3.80. The first-order valence-electron chi connectivity index (χ1n) is 10.9. The number of nitrogens with zero attached hydrogens (tertiary/aromatic N) is 2. The topological polar surface area (TPSA) is 69.7 Å².